The maximum Gasteiger partial charge on any atom is 0.255 e. The van der Waals surface area contributed by atoms with Crippen molar-refractivity contribution in [3.63, 3.8) is 0 Å². The van der Waals surface area contributed by atoms with Gasteiger partial charge in [-0.2, -0.15) is 9.61 Å². The van der Waals surface area contributed by atoms with Crippen LogP contribution < -0.4 is 10.1 Å². The van der Waals surface area contributed by atoms with Gasteiger partial charge in [-0.25, -0.2) is 0 Å². The van der Waals surface area contributed by atoms with Crippen LogP contribution in [0.15, 0.2) is 54.9 Å². The van der Waals surface area contributed by atoms with Crippen molar-refractivity contribution in [1.29, 1.82) is 0 Å². The lowest BCUT2D eigenvalue weighted by Crippen LogP contribution is -2.11. The lowest BCUT2D eigenvalue weighted by molar-refractivity contribution is 0.102. The summed E-state index contributed by atoms with van der Waals surface area (Å²) in [5.74, 6) is 0.581. The molecule has 0 fully saturated rings. The first kappa shape index (κ1) is 16.2. The van der Waals surface area contributed by atoms with Crippen LogP contribution in [0.3, 0.4) is 0 Å². The maximum absolute atomic E-state index is 12.3. The number of carbonyl (C=O) groups excluding carboxylic acids is 1. The van der Waals surface area contributed by atoms with Gasteiger partial charge in [-0.15, -0.1) is 10.2 Å². The minimum Gasteiger partial charge on any atom is -0.494 e. The van der Waals surface area contributed by atoms with Gasteiger partial charge in [0.2, 0.25) is 4.96 Å². The summed E-state index contributed by atoms with van der Waals surface area (Å²) in [5, 5.41) is 15.9. The van der Waals surface area contributed by atoms with Crippen molar-refractivity contribution in [2.45, 2.75) is 6.92 Å². The number of nitrogens with one attached hydrogen (secondary N) is 1. The van der Waals surface area contributed by atoms with Gasteiger partial charge < -0.3 is 10.1 Å². The largest absolute Gasteiger partial charge is 0.494 e. The SMILES string of the molecule is CCOc1ccc(C(=O)Nc2ccc(-c3nn4cnnc4s3)cc2)cc1. The van der Waals surface area contributed by atoms with E-state index >= 15 is 0 Å². The summed E-state index contributed by atoms with van der Waals surface area (Å²) < 4.78 is 7.02. The van der Waals surface area contributed by atoms with Crippen LogP contribution in [0, 0.1) is 0 Å². The smallest absolute Gasteiger partial charge is 0.255 e. The Morgan fingerprint density at radius 3 is 2.62 bits per heavy atom. The quantitative estimate of drug-likeness (QED) is 0.585. The lowest BCUT2D eigenvalue weighted by Gasteiger charge is -2.07. The first-order valence-electron chi connectivity index (χ1n) is 8.04. The Labute approximate surface area is 153 Å². The van der Waals surface area contributed by atoms with E-state index in [0.29, 0.717) is 12.2 Å². The van der Waals surface area contributed by atoms with E-state index in [1.807, 2.05) is 31.2 Å². The molecule has 4 aromatic rings. The third-order valence-electron chi connectivity index (χ3n) is 3.70. The molecule has 0 saturated carbocycles. The number of carbonyl (C=O) groups is 1. The average Bonchev–Trinajstić information content (AvgIpc) is 3.25. The highest BCUT2D eigenvalue weighted by Crippen LogP contribution is 2.26. The van der Waals surface area contributed by atoms with E-state index < -0.39 is 0 Å². The fraction of sp³-hybridized carbons (Fsp3) is 0.111. The van der Waals surface area contributed by atoms with E-state index in [4.69, 9.17) is 4.74 Å². The third-order valence-corrected chi connectivity index (χ3v) is 4.67. The maximum atomic E-state index is 12.3. The highest BCUT2D eigenvalue weighted by atomic mass is 32.1. The zero-order valence-electron chi connectivity index (χ0n) is 13.9. The Morgan fingerprint density at radius 2 is 1.92 bits per heavy atom. The van der Waals surface area contributed by atoms with Gasteiger partial charge in [0, 0.05) is 16.8 Å². The molecule has 2 aromatic heterocycles. The van der Waals surface area contributed by atoms with E-state index in [1.165, 1.54) is 11.3 Å². The molecule has 26 heavy (non-hydrogen) atoms. The number of anilines is 1. The van der Waals surface area contributed by atoms with E-state index in [1.54, 1.807) is 35.1 Å². The molecule has 0 aliphatic heterocycles. The number of hydrogen-bond donors (Lipinski definition) is 1. The fourth-order valence-corrected chi connectivity index (χ4v) is 3.27. The summed E-state index contributed by atoms with van der Waals surface area (Å²) in [5.41, 5.74) is 2.25. The third kappa shape index (κ3) is 3.27. The summed E-state index contributed by atoms with van der Waals surface area (Å²) >= 11 is 1.46. The van der Waals surface area contributed by atoms with Crippen molar-refractivity contribution < 1.29 is 9.53 Å². The Kier molecular flexibility index (Phi) is 4.32. The number of aromatic nitrogens is 4. The van der Waals surface area contributed by atoms with E-state index in [2.05, 4.69) is 20.6 Å². The van der Waals surface area contributed by atoms with Gasteiger partial charge >= 0.3 is 0 Å². The van der Waals surface area contributed by atoms with Gasteiger partial charge in [-0.1, -0.05) is 11.3 Å². The minimum atomic E-state index is -0.167. The number of benzene rings is 2. The second kappa shape index (κ2) is 6.93. The second-order valence-electron chi connectivity index (χ2n) is 5.45. The van der Waals surface area contributed by atoms with Crippen LogP contribution in [0.1, 0.15) is 17.3 Å². The number of fused-ring (bicyclic) bond motifs is 1. The number of nitrogens with zero attached hydrogens (tertiary/aromatic N) is 4. The van der Waals surface area contributed by atoms with Crippen LogP contribution in [0.2, 0.25) is 0 Å². The normalized spacial score (nSPS) is 10.8. The van der Waals surface area contributed by atoms with Crippen LogP contribution in [0.25, 0.3) is 15.5 Å². The van der Waals surface area contributed by atoms with Crippen LogP contribution in [0.4, 0.5) is 5.69 Å². The topological polar surface area (TPSA) is 81.4 Å². The standard InChI is InChI=1S/C18H15N5O2S/c1-2-25-15-9-5-12(6-10-15)16(24)20-14-7-3-13(4-8-14)17-22-23-11-19-21-18(23)26-17/h3-11H,2H2,1H3,(H,20,24). The van der Waals surface area contributed by atoms with Crippen LogP contribution >= 0.6 is 11.3 Å². The average molecular weight is 365 g/mol. The Bertz CT molecular complexity index is 1010. The first-order valence-corrected chi connectivity index (χ1v) is 8.86. The zero-order chi connectivity index (χ0) is 17.9. The first-order chi connectivity index (χ1) is 12.7. The second-order valence-corrected chi connectivity index (χ2v) is 6.41. The Morgan fingerprint density at radius 1 is 1.15 bits per heavy atom. The van der Waals surface area contributed by atoms with Crippen LogP contribution in [-0.4, -0.2) is 32.3 Å². The molecule has 7 nitrogen and oxygen atoms in total. The molecule has 0 atom stereocenters. The predicted molar refractivity (Wildman–Crippen MR) is 99.7 cm³/mol. The molecule has 0 bridgehead atoms. The molecule has 1 N–H and O–H groups in total. The van der Waals surface area contributed by atoms with Crippen molar-refractivity contribution in [2.24, 2.45) is 0 Å². The van der Waals surface area contributed by atoms with E-state index in [9.17, 15) is 4.79 Å². The van der Waals surface area contributed by atoms with Crippen molar-refractivity contribution in [2.75, 3.05) is 11.9 Å². The van der Waals surface area contributed by atoms with E-state index in [0.717, 1.165) is 27.0 Å². The highest BCUT2D eigenvalue weighted by molar-refractivity contribution is 7.19. The molecule has 0 radical (unpaired) electrons. The molecule has 0 saturated heterocycles. The molecule has 2 heterocycles. The van der Waals surface area contributed by atoms with Crippen molar-refractivity contribution in [3.05, 3.63) is 60.4 Å². The van der Waals surface area contributed by atoms with Crippen molar-refractivity contribution >= 4 is 27.9 Å². The molecule has 4 rings (SSSR count). The summed E-state index contributed by atoms with van der Waals surface area (Å²) in [6.45, 7) is 2.52. The summed E-state index contributed by atoms with van der Waals surface area (Å²) in [7, 11) is 0. The fourth-order valence-electron chi connectivity index (χ4n) is 2.45. The Hall–Kier alpha value is -3.26. The minimum absolute atomic E-state index is 0.167. The molecule has 0 spiro atoms. The number of hydrogen-bond acceptors (Lipinski definition) is 6. The lowest BCUT2D eigenvalue weighted by atomic mass is 10.2. The highest BCUT2D eigenvalue weighted by Gasteiger charge is 2.09. The van der Waals surface area contributed by atoms with Crippen molar-refractivity contribution in [1.82, 2.24) is 19.8 Å². The van der Waals surface area contributed by atoms with Gasteiger partial charge in [0.05, 0.1) is 6.61 Å². The zero-order valence-corrected chi connectivity index (χ0v) is 14.7. The summed E-state index contributed by atoms with van der Waals surface area (Å²) in [4.78, 5) is 13.1. The molecule has 8 heteroatoms. The predicted octanol–water partition coefficient (Wildman–Crippen LogP) is 3.50. The summed E-state index contributed by atoms with van der Waals surface area (Å²) in [6.07, 6.45) is 1.57. The number of amides is 1. The Balaban J connectivity index is 1.46. The molecule has 2 aromatic carbocycles. The molecule has 130 valence electrons. The summed E-state index contributed by atoms with van der Waals surface area (Å²) in [6, 6.07) is 14.6. The van der Waals surface area contributed by atoms with Gasteiger partial charge in [0.15, 0.2) is 0 Å². The molecular weight excluding hydrogens is 350 g/mol. The molecule has 0 aliphatic rings. The molecule has 0 aliphatic carbocycles. The number of rotatable bonds is 5. The number of ether oxygens (including phenoxy) is 1. The monoisotopic (exact) mass is 365 g/mol. The van der Waals surface area contributed by atoms with E-state index in [-0.39, 0.29) is 5.91 Å². The van der Waals surface area contributed by atoms with Crippen LogP contribution in [-0.2, 0) is 0 Å². The van der Waals surface area contributed by atoms with Gasteiger partial charge in [0.1, 0.15) is 17.1 Å². The van der Waals surface area contributed by atoms with Gasteiger partial charge in [-0.3, -0.25) is 4.79 Å². The van der Waals surface area contributed by atoms with Crippen LogP contribution in [0.5, 0.6) is 5.75 Å². The molecule has 0 unspecified atom stereocenters. The molecule has 1 amide bonds. The molecular formula is C18H15N5O2S. The van der Waals surface area contributed by atoms with Crippen molar-refractivity contribution in [3.8, 4) is 16.3 Å². The van der Waals surface area contributed by atoms with Gasteiger partial charge in [-0.05, 0) is 55.5 Å². The van der Waals surface area contributed by atoms with Gasteiger partial charge in [0.25, 0.3) is 5.91 Å².